The minimum absolute atomic E-state index is 0.00374. The smallest absolute Gasteiger partial charge is 0.234 e. The van der Waals surface area contributed by atoms with Gasteiger partial charge in [-0.1, -0.05) is 26.7 Å². The number of hydrogen-bond acceptors (Lipinski definition) is 3. The zero-order valence-electron chi connectivity index (χ0n) is 10.2. The van der Waals surface area contributed by atoms with Crippen LogP contribution in [-0.2, 0) is 9.59 Å². The van der Waals surface area contributed by atoms with E-state index in [0.717, 1.165) is 12.8 Å². The normalized spacial score (nSPS) is 34.0. The Morgan fingerprint density at radius 3 is 2.50 bits per heavy atom. The summed E-state index contributed by atoms with van der Waals surface area (Å²) in [6.45, 7) is 4.96. The van der Waals surface area contributed by atoms with Crippen LogP contribution in [0.5, 0.6) is 0 Å². The van der Waals surface area contributed by atoms with Gasteiger partial charge < -0.3 is 5.32 Å². The molecule has 2 rings (SSSR count). The first-order valence-electron chi connectivity index (χ1n) is 6.16. The van der Waals surface area contributed by atoms with Crippen LogP contribution in [-0.4, -0.2) is 36.3 Å². The third kappa shape index (κ3) is 1.47. The predicted octanol–water partition coefficient (Wildman–Crippen LogP) is 0.625. The summed E-state index contributed by atoms with van der Waals surface area (Å²) >= 11 is 0. The topological polar surface area (TPSA) is 49.4 Å². The number of carbonyl (C=O) groups excluding carboxylic acids is 2. The molecule has 0 aromatic carbocycles. The summed E-state index contributed by atoms with van der Waals surface area (Å²) in [6, 6.07) is 0.196. The van der Waals surface area contributed by atoms with E-state index in [1.54, 1.807) is 7.05 Å². The highest BCUT2D eigenvalue weighted by Crippen LogP contribution is 2.36. The first kappa shape index (κ1) is 11.6. The van der Waals surface area contributed by atoms with Gasteiger partial charge in [0.1, 0.15) is 0 Å². The van der Waals surface area contributed by atoms with E-state index in [0.29, 0.717) is 12.5 Å². The van der Waals surface area contributed by atoms with Gasteiger partial charge in [0.15, 0.2) is 0 Å². The van der Waals surface area contributed by atoms with Gasteiger partial charge >= 0.3 is 0 Å². The van der Waals surface area contributed by atoms with Crippen molar-refractivity contribution in [1.82, 2.24) is 10.2 Å². The van der Waals surface area contributed by atoms with Gasteiger partial charge in [-0.25, -0.2) is 0 Å². The third-order valence-electron chi connectivity index (χ3n) is 4.21. The molecule has 0 aliphatic carbocycles. The maximum absolute atomic E-state index is 12.0. The van der Waals surface area contributed by atoms with Crippen molar-refractivity contribution in [2.75, 3.05) is 13.6 Å². The molecule has 0 spiro atoms. The van der Waals surface area contributed by atoms with Gasteiger partial charge in [0.2, 0.25) is 11.8 Å². The van der Waals surface area contributed by atoms with E-state index < -0.39 is 0 Å². The fourth-order valence-electron chi connectivity index (χ4n) is 3.17. The van der Waals surface area contributed by atoms with Crippen LogP contribution in [0.25, 0.3) is 0 Å². The largest absolute Gasteiger partial charge is 0.312 e. The van der Waals surface area contributed by atoms with Crippen molar-refractivity contribution in [2.24, 2.45) is 17.8 Å². The Labute approximate surface area is 96.4 Å². The first-order chi connectivity index (χ1) is 7.61. The molecule has 2 saturated heterocycles. The molecule has 3 atom stereocenters. The van der Waals surface area contributed by atoms with Crippen molar-refractivity contribution >= 4 is 11.8 Å². The lowest BCUT2D eigenvalue weighted by molar-refractivity contribution is -0.138. The number of fused-ring (bicyclic) bond motifs is 1. The van der Waals surface area contributed by atoms with Crippen LogP contribution in [0.2, 0.25) is 0 Å². The number of imide groups is 1. The fraction of sp³-hybridized carbons (Fsp3) is 0.833. The minimum Gasteiger partial charge on any atom is -0.312 e. The monoisotopic (exact) mass is 224 g/mol. The number of hydrogen-bond donors (Lipinski definition) is 1. The van der Waals surface area contributed by atoms with Crippen molar-refractivity contribution in [3.8, 4) is 0 Å². The summed E-state index contributed by atoms with van der Waals surface area (Å²) in [5.74, 6) is 0.289. The summed E-state index contributed by atoms with van der Waals surface area (Å²) in [5, 5.41) is 3.37. The molecule has 2 heterocycles. The SMILES string of the molecule is CCC(CC)[C@@H]1NC[C@@H]2C(=O)N(C)C(=O)[C@@H]21. The van der Waals surface area contributed by atoms with E-state index in [9.17, 15) is 9.59 Å². The molecule has 16 heavy (non-hydrogen) atoms. The Balaban J connectivity index is 2.21. The summed E-state index contributed by atoms with van der Waals surface area (Å²) in [5.41, 5.74) is 0. The van der Waals surface area contributed by atoms with E-state index >= 15 is 0 Å². The molecule has 2 fully saturated rings. The van der Waals surface area contributed by atoms with Crippen molar-refractivity contribution < 1.29 is 9.59 Å². The standard InChI is InChI=1S/C12H20N2O2/c1-4-7(5-2)10-9-8(6-13-10)11(15)14(3)12(9)16/h7-10,13H,4-6H2,1-3H3/t8-,9-,10-/m0/s1. The average molecular weight is 224 g/mol. The Bertz CT molecular complexity index is 312. The Kier molecular flexibility index (Phi) is 3.02. The number of amides is 2. The highest BCUT2D eigenvalue weighted by atomic mass is 16.2. The maximum Gasteiger partial charge on any atom is 0.234 e. The van der Waals surface area contributed by atoms with Crippen molar-refractivity contribution in [2.45, 2.75) is 32.7 Å². The van der Waals surface area contributed by atoms with Crippen LogP contribution >= 0.6 is 0 Å². The van der Waals surface area contributed by atoms with Gasteiger partial charge in [-0.05, 0) is 5.92 Å². The minimum atomic E-state index is -0.109. The van der Waals surface area contributed by atoms with Crippen LogP contribution in [0.15, 0.2) is 0 Å². The lowest BCUT2D eigenvalue weighted by atomic mass is 9.83. The van der Waals surface area contributed by atoms with Crippen LogP contribution < -0.4 is 5.32 Å². The molecule has 4 heteroatoms. The number of nitrogens with zero attached hydrogens (tertiary/aromatic N) is 1. The molecule has 0 radical (unpaired) electrons. The summed E-state index contributed by atoms with van der Waals surface area (Å²) < 4.78 is 0. The average Bonchev–Trinajstić information content (AvgIpc) is 2.79. The predicted molar refractivity (Wildman–Crippen MR) is 60.6 cm³/mol. The first-order valence-corrected chi connectivity index (χ1v) is 6.16. The van der Waals surface area contributed by atoms with Gasteiger partial charge in [0.05, 0.1) is 11.8 Å². The van der Waals surface area contributed by atoms with E-state index in [4.69, 9.17) is 0 Å². The molecule has 2 amide bonds. The van der Waals surface area contributed by atoms with Crippen LogP contribution in [0.1, 0.15) is 26.7 Å². The van der Waals surface area contributed by atoms with Crippen molar-refractivity contribution in [1.29, 1.82) is 0 Å². The molecule has 0 saturated carbocycles. The molecule has 0 aromatic heterocycles. The molecule has 0 bridgehead atoms. The van der Waals surface area contributed by atoms with E-state index in [-0.39, 0.29) is 29.7 Å². The molecular weight excluding hydrogens is 204 g/mol. The van der Waals surface area contributed by atoms with Gasteiger partial charge in [0.25, 0.3) is 0 Å². The van der Waals surface area contributed by atoms with E-state index in [2.05, 4.69) is 19.2 Å². The van der Waals surface area contributed by atoms with Crippen LogP contribution in [0, 0.1) is 17.8 Å². The van der Waals surface area contributed by atoms with Gasteiger partial charge in [-0.15, -0.1) is 0 Å². The lowest BCUT2D eigenvalue weighted by Gasteiger charge is -2.25. The molecule has 90 valence electrons. The summed E-state index contributed by atoms with van der Waals surface area (Å²) in [6.07, 6.45) is 2.12. The quantitative estimate of drug-likeness (QED) is 0.715. The number of carbonyl (C=O) groups is 2. The molecule has 1 N–H and O–H groups in total. The second kappa shape index (κ2) is 4.17. The second-order valence-corrected chi connectivity index (χ2v) is 4.88. The summed E-state index contributed by atoms with van der Waals surface area (Å²) in [4.78, 5) is 25.1. The molecule has 4 nitrogen and oxygen atoms in total. The lowest BCUT2D eigenvalue weighted by Crippen LogP contribution is -2.40. The fourth-order valence-corrected chi connectivity index (χ4v) is 3.17. The zero-order chi connectivity index (χ0) is 11.9. The summed E-state index contributed by atoms with van der Waals surface area (Å²) in [7, 11) is 1.60. The Morgan fingerprint density at radius 1 is 1.31 bits per heavy atom. The Hall–Kier alpha value is -0.900. The van der Waals surface area contributed by atoms with Crippen molar-refractivity contribution in [3.63, 3.8) is 0 Å². The highest BCUT2D eigenvalue weighted by Gasteiger charge is 2.54. The maximum atomic E-state index is 12.0. The molecule has 2 aliphatic rings. The third-order valence-corrected chi connectivity index (χ3v) is 4.21. The molecule has 2 aliphatic heterocycles. The molecule has 0 unspecified atom stereocenters. The van der Waals surface area contributed by atoms with Gasteiger partial charge in [-0.3, -0.25) is 14.5 Å². The number of likely N-dealkylation sites (tertiary alicyclic amines) is 1. The Morgan fingerprint density at radius 2 is 1.94 bits per heavy atom. The van der Waals surface area contributed by atoms with E-state index in [1.807, 2.05) is 0 Å². The van der Waals surface area contributed by atoms with Gasteiger partial charge in [-0.2, -0.15) is 0 Å². The number of rotatable bonds is 3. The van der Waals surface area contributed by atoms with Gasteiger partial charge in [0, 0.05) is 19.6 Å². The zero-order valence-corrected chi connectivity index (χ0v) is 10.2. The second-order valence-electron chi connectivity index (χ2n) is 4.88. The molecule has 0 aromatic rings. The molecular formula is C12H20N2O2. The van der Waals surface area contributed by atoms with Crippen LogP contribution in [0.3, 0.4) is 0 Å². The van der Waals surface area contributed by atoms with Crippen molar-refractivity contribution in [3.05, 3.63) is 0 Å². The van der Waals surface area contributed by atoms with Crippen LogP contribution in [0.4, 0.5) is 0 Å². The van der Waals surface area contributed by atoms with E-state index in [1.165, 1.54) is 4.90 Å². The number of nitrogens with one attached hydrogen (secondary N) is 1. The highest BCUT2D eigenvalue weighted by molar-refractivity contribution is 6.05.